The second-order valence-corrected chi connectivity index (χ2v) is 8.72. The normalized spacial score (nSPS) is 11.4. The monoisotopic (exact) mass is 476 g/mol. The van der Waals surface area contributed by atoms with Gasteiger partial charge in [-0.3, -0.25) is 9.20 Å². The Morgan fingerprint density at radius 1 is 0.933 bits per heavy atom. The van der Waals surface area contributed by atoms with E-state index < -0.39 is 0 Å². The van der Waals surface area contributed by atoms with Crippen molar-refractivity contribution in [3.05, 3.63) is 82.8 Å². The average molecular weight is 477 g/mol. The molecule has 7 heteroatoms. The van der Waals surface area contributed by atoms with Gasteiger partial charge in [-0.2, -0.15) is 0 Å². The third-order valence-electron chi connectivity index (χ3n) is 4.85. The molecule has 0 aliphatic heterocycles. The van der Waals surface area contributed by atoms with Gasteiger partial charge in [-0.15, -0.1) is 0 Å². The molecule has 3 aromatic carbocycles. The van der Waals surface area contributed by atoms with Crippen molar-refractivity contribution in [1.82, 2.24) is 19.7 Å². The number of carbonyl (C=O) groups excluding carboxylic acids is 1. The number of halogens is 1. The third kappa shape index (κ3) is 3.66. The average Bonchev–Trinajstić information content (AvgIpc) is 3.17. The Bertz CT molecular complexity index is 1380. The standard InChI is InChI=1S/C23H17BrN4OS/c24-16-11-9-15(10-12-16)13-25-21(29)14-30-23-27-18-6-2-1-5-17(18)22-26-19-7-3-4-8-20(19)28(22)23/h1-12H,13-14H2,(H,25,29). The van der Waals surface area contributed by atoms with Crippen LogP contribution in [0.5, 0.6) is 0 Å². The molecule has 5 nitrogen and oxygen atoms in total. The number of nitrogens with zero attached hydrogens (tertiary/aromatic N) is 3. The summed E-state index contributed by atoms with van der Waals surface area (Å²) >= 11 is 4.84. The lowest BCUT2D eigenvalue weighted by Gasteiger charge is -2.09. The number of aromatic nitrogens is 3. The van der Waals surface area contributed by atoms with Crippen LogP contribution in [-0.2, 0) is 11.3 Å². The maximum atomic E-state index is 12.5. The number of rotatable bonds is 5. The van der Waals surface area contributed by atoms with Gasteiger partial charge >= 0.3 is 0 Å². The molecule has 0 atom stereocenters. The Labute approximate surface area is 185 Å². The van der Waals surface area contributed by atoms with Gasteiger partial charge in [0, 0.05) is 16.4 Å². The molecule has 1 N–H and O–H groups in total. The molecular formula is C23H17BrN4OS. The number of imidazole rings is 1. The van der Waals surface area contributed by atoms with Crippen LogP contribution in [0.2, 0.25) is 0 Å². The van der Waals surface area contributed by atoms with Gasteiger partial charge in [-0.1, -0.05) is 64.1 Å². The minimum Gasteiger partial charge on any atom is -0.351 e. The number of hydrogen-bond donors (Lipinski definition) is 1. The van der Waals surface area contributed by atoms with Gasteiger partial charge in [0.05, 0.1) is 22.3 Å². The summed E-state index contributed by atoms with van der Waals surface area (Å²) in [5.41, 5.74) is 4.70. The van der Waals surface area contributed by atoms with Crippen LogP contribution in [0.4, 0.5) is 0 Å². The summed E-state index contributed by atoms with van der Waals surface area (Å²) in [6.45, 7) is 0.501. The first-order chi connectivity index (χ1) is 14.7. The van der Waals surface area contributed by atoms with Gasteiger partial charge < -0.3 is 5.32 Å². The number of thioether (sulfide) groups is 1. The van der Waals surface area contributed by atoms with Crippen molar-refractivity contribution in [2.75, 3.05) is 5.75 Å². The lowest BCUT2D eigenvalue weighted by atomic mass is 10.2. The van der Waals surface area contributed by atoms with E-state index in [0.29, 0.717) is 6.54 Å². The zero-order chi connectivity index (χ0) is 20.5. The van der Waals surface area contributed by atoms with E-state index in [0.717, 1.165) is 42.8 Å². The van der Waals surface area contributed by atoms with Gasteiger partial charge in [0.25, 0.3) is 0 Å². The largest absolute Gasteiger partial charge is 0.351 e. The van der Waals surface area contributed by atoms with Crippen molar-refractivity contribution in [2.45, 2.75) is 11.7 Å². The molecule has 0 saturated heterocycles. The molecule has 2 aromatic heterocycles. The summed E-state index contributed by atoms with van der Waals surface area (Å²) in [6.07, 6.45) is 0. The third-order valence-corrected chi connectivity index (χ3v) is 6.32. The van der Waals surface area contributed by atoms with Gasteiger partial charge in [0.1, 0.15) is 5.65 Å². The quantitative estimate of drug-likeness (QED) is 0.279. The first-order valence-electron chi connectivity index (χ1n) is 9.49. The van der Waals surface area contributed by atoms with Crippen LogP contribution in [0.3, 0.4) is 0 Å². The highest BCUT2D eigenvalue weighted by Gasteiger charge is 2.15. The lowest BCUT2D eigenvalue weighted by molar-refractivity contribution is -0.118. The summed E-state index contributed by atoms with van der Waals surface area (Å²) in [5, 5.41) is 4.74. The highest BCUT2D eigenvalue weighted by molar-refractivity contribution is 9.10. The maximum Gasteiger partial charge on any atom is 0.230 e. The van der Waals surface area contributed by atoms with Gasteiger partial charge in [0.15, 0.2) is 5.16 Å². The molecule has 0 saturated carbocycles. The zero-order valence-corrected chi connectivity index (χ0v) is 18.3. The number of nitrogens with one attached hydrogen (secondary N) is 1. The van der Waals surface area contributed by atoms with Crippen LogP contribution in [-0.4, -0.2) is 26.0 Å². The molecule has 0 unspecified atom stereocenters. The lowest BCUT2D eigenvalue weighted by Crippen LogP contribution is -2.24. The van der Waals surface area contributed by atoms with E-state index in [4.69, 9.17) is 9.97 Å². The Balaban J connectivity index is 1.43. The van der Waals surface area contributed by atoms with E-state index in [9.17, 15) is 4.79 Å². The van der Waals surface area contributed by atoms with Crippen LogP contribution in [0.15, 0.2) is 82.4 Å². The Morgan fingerprint density at radius 2 is 1.67 bits per heavy atom. The molecule has 0 spiro atoms. The van der Waals surface area contributed by atoms with Gasteiger partial charge in [-0.25, -0.2) is 9.97 Å². The Hall–Kier alpha value is -2.90. The second-order valence-electron chi connectivity index (χ2n) is 6.86. The predicted octanol–water partition coefficient (Wildman–Crippen LogP) is 5.21. The molecular weight excluding hydrogens is 460 g/mol. The minimum absolute atomic E-state index is 0.0320. The minimum atomic E-state index is -0.0320. The van der Waals surface area contributed by atoms with Crippen molar-refractivity contribution < 1.29 is 4.79 Å². The van der Waals surface area contributed by atoms with Crippen LogP contribution in [0, 0.1) is 0 Å². The second kappa shape index (κ2) is 8.08. The fourth-order valence-electron chi connectivity index (χ4n) is 3.39. The summed E-state index contributed by atoms with van der Waals surface area (Å²) in [6, 6.07) is 23.9. The summed E-state index contributed by atoms with van der Waals surface area (Å²) < 4.78 is 3.07. The number of para-hydroxylation sites is 3. The maximum absolute atomic E-state index is 12.5. The highest BCUT2D eigenvalue weighted by Crippen LogP contribution is 2.28. The first-order valence-corrected chi connectivity index (χ1v) is 11.3. The van der Waals surface area contributed by atoms with E-state index in [1.165, 1.54) is 11.8 Å². The van der Waals surface area contributed by atoms with Gasteiger partial charge in [-0.05, 0) is 42.0 Å². The van der Waals surface area contributed by atoms with E-state index in [-0.39, 0.29) is 11.7 Å². The molecule has 5 rings (SSSR count). The number of benzene rings is 3. The fourth-order valence-corrected chi connectivity index (χ4v) is 4.50. The van der Waals surface area contributed by atoms with E-state index >= 15 is 0 Å². The van der Waals surface area contributed by atoms with Crippen LogP contribution in [0.1, 0.15) is 5.56 Å². The molecule has 2 heterocycles. The topological polar surface area (TPSA) is 59.3 Å². The number of carbonyl (C=O) groups is 1. The van der Waals surface area contributed by atoms with Crippen molar-refractivity contribution >= 4 is 61.2 Å². The SMILES string of the molecule is O=C(CSc1nc2ccccc2c2nc3ccccc3n12)NCc1ccc(Br)cc1. The summed E-state index contributed by atoms with van der Waals surface area (Å²) in [7, 11) is 0. The summed E-state index contributed by atoms with van der Waals surface area (Å²) in [4.78, 5) is 22.1. The molecule has 0 radical (unpaired) electrons. The van der Waals surface area contributed by atoms with Crippen LogP contribution >= 0.6 is 27.7 Å². The molecule has 0 aliphatic rings. The molecule has 148 valence electrons. The Kier molecular flexibility index (Phi) is 5.14. The fraction of sp³-hybridized carbons (Fsp3) is 0.0870. The molecule has 5 aromatic rings. The van der Waals surface area contributed by atoms with Crippen molar-refractivity contribution in [2.24, 2.45) is 0 Å². The van der Waals surface area contributed by atoms with Crippen molar-refractivity contribution in [3.63, 3.8) is 0 Å². The van der Waals surface area contributed by atoms with Crippen LogP contribution < -0.4 is 5.32 Å². The van der Waals surface area contributed by atoms with E-state index in [1.54, 1.807) is 0 Å². The molecule has 0 fully saturated rings. The molecule has 0 bridgehead atoms. The van der Waals surface area contributed by atoms with Gasteiger partial charge in [0.2, 0.25) is 5.91 Å². The highest BCUT2D eigenvalue weighted by atomic mass is 79.9. The smallest absolute Gasteiger partial charge is 0.230 e. The molecule has 0 aliphatic carbocycles. The Morgan fingerprint density at radius 3 is 2.50 bits per heavy atom. The van der Waals surface area contributed by atoms with E-state index in [1.807, 2.05) is 77.2 Å². The van der Waals surface area contributed by atoms with Crippen LogP contribution in [0.25, 0.3) is 27.6 Å². The van der Waals surface area contributed by atoms with E-state index in [2.05, 4.69) is 21.2 Å². The number of hydrogen-bond acceptors (Lipinski definition) is 4. The number of amides is 1. The van der Waals surface area contributed by atoms with Crippen molar-refractivity contribution in [1.29, 1.82) is 0 Å². The molecule has 1 amide bonds. The first kappa shape index (κ1) is 19.1. The predicted molar refractivity (Wildman–Crippen MR) is 125 cm³/mol. The van der Waals surface area contributed by atoms with Crippen molar-refractivity contribution in [3.8, 4) is 0 Å². The zero-order valence-electron chi connectivity index (χ0n) is 15.9. The molecule has 30 heavy (non-hydrogen) atoms. The summed E-state index contributed by atoms with van der Waals surface area (Å²) in [5.74, 6) is 0.249. The number of fused-ring (bicyclic) bond motifs is 5.